The number of halogens is 2. The van der Waals surface area contributed by atoms with Gasteiger partial charge in [0.15, 0.2) is 0 Å². The molecule has 126 valence electrons. The minimum atomic E-state index is -0.272. The van der Waals surface area contributed by atoms with Gasteiger partial charge in [0.25, 0.3) is 0 Å². The maximum Gasteiger partial charge on any atom is 0.227 e. The number of amides is 1. The first-order valence-electron chi connectivity index (χ1n) is 8.14. The molecule has 24 heavy (non-hydrogen) atoms. The van der Waals surface area contributed by atoms with Crippen LogP contribution in [-0.2, 0) is 11.3 Å². The zero-order valence-electron chi connectivity index (χ0n) is 13.3. The van der Waals surface area contributed by atoms with E-state index < -0.39 is 0 Å². The van der Waals surface area contributed by atoms with Crippen molar-refractivity contribution in [1.82, 2.24) is 4.90 Å². The highest BCUT2D eigenvalue weighted by Gasteiger charge is 2.25. The Morgan fingerprint density at radius 1 is 1.17 bits per heavy atom. The fourth-order valence-electron chi connectivity index (χ4n) is 3.01. The van der Waals surface area contributed by atoms with Crippen LogP contribution in [-0.4, -0.2) is 23.9 Å². The molecule has 1 fully saturated rings. The number of carbonyl (C=O) groups is 1. The summed E-state index contributed by atoms with van der Waals surface area (Å²) in [5.41, 5.74) is 1.47. The molecule has 1 aliphatic rings. The van der Waals surface area contributed by atoms with Crippen LogP contribution in [0.15, 0.2) is 48.5 Å². The summed E-state index contributed by atoms with van der Waals surface area (Å²) < 4.78 is 13.9. The first kappa shape index (κ1) is 16.9. The first-order valence-corrected chi connectivity index (χ1v) is 8.52. The number of nitrogens with zero attached hydrogens (tertiary/aromatic N) is 1. The van der Waals surface area contributed by atoms with Crippen molar-refractivity contribution in [3.63, 3.8) is 0 Å². The lowest BCUT2D eigenvalue weighted by Gasteiger charge is -2.31. The Labute approximate surface area is 146 Å². The van der Waals surface area contributed by atoms with Crippen molar-refractivity contribution in [1.29, 1.82) is 0 Å². The minimum Gasteiger partial charge on any atom is -0.326 e. The number of para-hydroxylation sites is 1. The third-order valence-corrected chi connectivity index (χ3v) is 4.64. The third-order valence-electron chi connectivity index (χ3n) is 4.41. The van der Waals surface area contributed by atoms with Crippen molar-refractivity contribution in [2.75, 3.05) is 18.4 Å². The number of piperidine rings is 1. The van der Waals surface area contributed by atoms with E-state index in [4.69, 9.17) is 11.6 Å². The molecule has 1 saturated heterocycles. The van der Waals surface area contributed by atoms with Gasteiger partial charge in [0, 0.05) is 28.7 Å². The molecule has 5 heteroatoms. The lowest BCUT2D eigenvalue weighted by atomic mass is 9.95. The molecule has 0 saturated carbocycles. The minimum absolute atomic E-state index is 0.0107. The monoisotopic (exact) mass is 346 g/mol. The van der Waals surface area contributed by atoms with Gasteiger partial charge in [0.2, 0.25) is 5.91 Å². The number of hydrogen-bond donors (Lipinski definition) is 1. The highest BCUT2D eigenvalue weighted by Crippen LogP contribution is 2.22. The second-order valence-corrected chi connectivity index (χ2v) is 6.58. The van der Waals surface area contributed by atoms with E-state index in [1.807, 2.05) is 30.3 Å². The van der Waals surface area contributed by atoms with E-state index >= 15 is 0 Å². The van der Waals surface area contributed by atoms with Crippen LogP contribution in [0, 0.1) is 11.7 Å². The first-order chi connectivity index (χ1) is 11.6. The number of anilines is 1. The van der Waals surface area contributed by atoms with Gasteiger partial charge in [0.1, 0.15) is 5.82 Å². The Bertz CT molecular complexity index is 700. The molecule has 3 nitrogen and oxygen atoms in total. The molecule has 0 bridgehead atoms. The van der Waals surface area contributed by atoms with Gasteiger partial charge >= 0.3 is 0 Å². The molecule has 3 rings (SSSR count). The Morgan fingerprint density at radius 2 is 1.88 bits per heavy atom. The van der Waals surface area contributed by atoms with Crippen LogP contribution in [0.4, 0.5) is 10.1 Å². The standard InChI is InChI=1S/C19H20ClFN2O/c20-16-7-6-15(18(21)12-16)13-23-10-8-14(9-11-23)19(24)22-17-4-2-1-3-5-17/h1-7,12,14H,8-11,13H2,(H,22,24). The van der Waals surface area contributed by atoms with Gasteiger partial charge in [-0.3, -0.25) is 9.69 Å². The van der Waals surface area contributed by atoms with E-state index in [0.717, 1.165) is 31.6 Å². The van der Waals surface area contributed by atoms with Gasteiger partial charge in [-0.1, -0.05) is 35.9 Å². The SMILES string of the molecule is O=C(Nc1ccccc1)C1CCN(Cc2ccc(Cl)cc2F)CC1. The van der Waals surface area contributed by atoms with E-state index in [1.54, 1.807) is 12.1 Å². The van der Waals surface area contributed by atoms with Crippen molar-refractivity contribution in [3.8, 4) is 0 Å². The summed E-state index contributed by atoms with van der Waals surface area (Å²) in [5.74, 6) is -0.193. The fraction of sp³-hybridized carbons (Fsp3) is 0.316. The lowest BCUT2D eigenvalue weighted by molar-refractivity contribution is -0.121. The predicted octanol–water partition coefficient (Wildman–Crippen LogP) is 4.33. The second-order valence-electron chi connectivity index (χ2n) is 6.14. The van der Waals surface area contributed by atoms with Gasteiger partial charge in [-0.05, 0) is 50.2 Å². The molecule has 1 amide bonds. The van der Waals surface area contributed by atoms with E-state index in [1.165, 1.54) is 6.07 Å². The molecule has 0 aromatic heterocycles. The summed E-state index contributed by atoms with van der Waals surface area (Å²) in [4.78, 5) is 14.5. The van der Waals surface area contributed by atoms with Crippen molar-refractivity contribution in [3.05, 3.63) is 64.9 Å². The molecular formula is C19H20ClFN2O. The number of likely N-dealkylation sites (tertiary alicyclic amines) is 1. The Balaban J connectivity index is 1.51. The summed E-state index contributed by atoms with van der Waals surface area (Å²) in [6.07, 6.45) is 1.57. The molecule has 1 aliphatic heterocycles. The van der Waals surface area contributed by atoms with Gasteiger partial charge < -0.3 is 5.32 Å². The summed E-state index contributed by atoms with van der Waals surface area (Å²) in [7, 11) is 0. The Kier molecular flexibility index (Phi) is 5.48. The topological polar surface area (TPSA) is 32.3 Å². The quantitative estimate of drug-likeness (QED) is 0.893. The van der Waals surface area contributed by atoms with Crippen LogP contribution in [0.1, 0.15) is 18.4 Å². The van der Waals surface area contributed by atoms with Crippen molar-refractivity contribution in [2.45, 2.75) is 19.4 Å². The summed E-state index contributed by atoms with van der Waals surface area (Å²) >= 11 is 5.78. The molecule has 0 spiro atoms. The van der Waals surface area contributed by atoms with Gasteiger partial charge in [0.05, 0.1) is 0 Å². The van der Waals surface area contributed by atoms with E-state index in [0.29, 0.717) is 17.1 Å². The largest absolute Gasteiger partial charge is 0.326 e. The van der Waals surface area contributed by atoms with Crippen molar-refractivity contribution >= 4 is 23.2 Å². The van der Waals surface area contributed by atoms with Crippen LogP contribution >= 0.6 is 11.6 Å². The number of rotatable bonds is 4. The Morgan fingerprint density at radius 3 is 2.54 bits per heavy atom. The maximum absolute atomic E-state index is 13.9. The van der Waals surface area contributed by atoms with Crippen LogP contribution in [0.3, 0.4) is 0 Å². The van der Waals surface area contributed by atoms with Gasteiger partial charge in [-0.15, -0.1) is 0 Å². The molecule has 0 atom stereocenters. The lowest BCUT2D eigenvalue weighted by Crippen LogP contribution is -2.37. The normalized spacial score (nSPS) is 16.1. The zero-order chi connectivity index (χ0) is 16.9. The van der Waals surface area contributed by atoms with E-state index in [2.05, 4.69) is 10.2 Å². The average molecular weight is 347 g/mol. The highest BCUT2D eigenvalue weighted by atomic mass is 35.5. The van der Waals surface area contributed by atoms with Crippen LogP contribution in [0.5, 0.6) is 0 Å². The molecule has 1 N–H and O–H groups in total. The van der Waals surface area contributed by atoms with E-state index in [-0.39, 0.29) is 17.6 Å². The summed E-state index contributed by atoms with van der Waals surface area (Å²) in [6.45, 7) is 2.12. The number of nitrogens with one attached hydrogen (secondary N) is 1. The summed E-state index contributed by atoms with van der Waals surface area (Å²) in [5, 5.41) is 3.37. The Hall–Kier alpha value is -1.91. The smallest absolute Gasteiger partial charge is 0.227 e. The number of benzene rings is 2. The van der Waals surface area contributed by atoms with Crippen LogP contribution < -0.4 is 5.32 Å². The second kappa shape index (κ2) is 7.77. The maximum atomic E-state index is 13.9. The molecule has 0 unspecified atom stereocenters. The van der Waals surface area contributed by atoms with Crippen molar-refractivity contribution in [2.24, 2.45) is 5.92 Å². The predicted molar refractivity (Wildman–Crippen MR) is 94.5 cm³/mol. The number of hydrogen-bond acceptors (Lipinski definition) is 2. The van der Waals surface area contributed by atoms with Gasteiger partial charge in [-0.25, -0.2) is 4.39 Å². The van der Waals surface area contributed by atoms with Gasteiger partial charge in [-0.2, -0.15) is 0 Å². The molecule has 2 aromatic carbocycles. The summed E-state index contributed by atoms with van der Waals surface area (Å²) in [6, 6.07) is 14.3. The van der Waals surface area contributed by atoms with Crippen LogP contribution in [0.25, 0.3) is 0 Å². The number of carbonyl (C=O) groups excluding carboxylic acids is 1. The molecule has 0 aliphatic carbocycles. The molecule has 0 radical (unpaired) electrons. The van der Waals surface area contributed by atoms with Crippen molar-refractivity contribution < 1.29 is 9.18 Å². The van der Waals surface area contributed by atoms with E-state index in [9.17, 15) is 9.18 Å². The third kappa shape index (κ3) is 4.34. The highest BCUT2D eigenvalue weighted by molar-refractivity contribution is 6.30. The zero-order valence-corrected chi connectivity index (χ0v) is 14.1. The molecule has 1 heterocycles. The molecular weight excluding hydrogens is 327 g/mol. The van der Waals surface area contributed by atoms with Crippen LogP contribution in [0.2, 0.25) is 5.02 Å². The molecule has 2 aromatic rings. The average Bonchev–Trinajstić information content (AvgIpc) is 2.59. The fourth-order valence-corrected chi connectivity index (χ4v) is 3.17.